The minimum atomic E-state index is 0.859. The van der Waals surface area contributed by atoms with Gasteiger partial charge in [-0.2, -0.15) is 5.10 Å². The molecular formula is C12H16N4. The monoisotopic (exact) mass is 216 g/mol. The highest BCUT2D eigenvalue weighted by Crippen LogP contribution is 2.27. The highest BCUT2D eigenvalue weighted by Gasteiger charge is 2.18. The van der Waals surface area contributed by atoms with Crippen LogP contribution in [0.5, 0.6) is 0 Å². The van der Waals surface area contributed by atoms with E-state index >= 15 is 0 Å². The second-order valence-corrected chi connectivity index (χ2v) is 4.63. The molecule has 0 radical (unpaired) electrons. The SMILES string of the molecule is CC1CCN(c2ccnc3[nH]ncc23)CC1. The third-order valence-electron chi connectivity index (χ3n) is 3.46. The molecule has 4 heteroatoms. The van der Waals surface area contributed by atoms with E-state index in [1.807, 2.05) is 12.4 Å². The predicted molar refractivity (Wildman–Crippen MR) is 64.5 cm³/mol. The molecule has 0 bridgehead atoms. The normalized spacial score (nSPS) is 18.2. The zero-order valence-electron chi connectivity index (χ0n) is 9.48. The van der Waals surface area contributed by atoms with Crippen molar-refractivity contribution in [2.45, 2.75) is 19.8 Å². The molecule has 1 aliphatic rings. The number of fused-ring (bicyclic) bond motifs is 1. The summed E-state index contributed by atoms with van der Waals surface area (Å²) in [6, 6.07) is 2.09. The van der Waals surface area contributed by atoms with Crippen molar-refractivity contribution in [1.29, 1.82) is 0 Å². The topological polar surface area (TPSA) is 44.8 Å². The second-order valence-electron chi connectivity index (χ2n) is 4.63. The molecule has 1 fully saturated rings. The highest BCUT2D eigenvalue weighted by atomic mass is 15.2. The van der Waals surface area contributed by atoms with Gasteiger partial charge in [0.15, 0.2) is 5.65 Å². The summed E-state index contributed by atoms with van der Waals surface area (Å²) in [5.74, 6) is 0.859. The second kappa shape index (κ2) is 3.77. The number of piperidine rings is 1. The van der Waals surface area contributed by atoms with E-state index in [0.29, 0.717) is 0 Å². The van der Waals surface area contributed by atoms with Crippen LogP contribution in [0.25, 0.3) is 11.0 Å². The fourth-order valence-electron chi connectivity index (χ4n) is 2.36. The number of nitrogens with one attached hydrogen (secondary N) is 1. The minimum absolute atomic E-state index is 0.859. The summed E-state index contributed by atoms with van der Waals surface area (Å²) in [6.07, 6.45) is 6.28. The van der Waals surface area contributed by atoms with Gasteiger partial charge in [-0.25, -0.2) is 4.98 Å². The average molecular weight is 216 g/mol. The van der Waals surface area contributed by atoms with Gasteiger partial charge < -0.3 is 4.90 Å². The van der Waals surface area contributed by atoms with Gasteiger partial charge in [0, 0.05) is 19.3 Å². The number of rotatable bonds is 1. The highest BCUT2D eigenvalue weighted by molar-refractivity contribution is 5.88. The molecule has 0 aromatic carbocycles. The summed E-state index contributed by atoms with van der Waals surface area (Å²) in [5, 5.41) is 8.11. The van der Waals surface area contributed by atoms with Gasteiger partial charge in [-0.05, 0) is 24.8 Å². The van der Waals surface area contributed by atoms with Gasteiger partial charge in [-0.1, -0.05) is 6.92 Å². The van der Waals surface area contributed by atoms with Crippen molar-refractivity contribution < 1.29 is 0 Å². The van der Waals surface area contributed by atoms with Crippen molar-refractivity contribution in [3.05, 3.63) is 18.5 Å². The van der Waals surface area contributed by atoms with Gasteiger partial charge in [0.05, 0.1) is 17.3 Å². The van der Waals surface area contributed by atoms with E-state index in [1.165, 1.54) is 18.5 Å². The predicted octanol–water partition coefficient (Wildman–Crippen LogP) is 2.19. The van der Waals surface area contributed by atoms with Gasteiger partial charge >= 0.3 is 0 Å². The fraction of sp³-hybridized carbons (Fsp3) is 0.500. The molecule has 2 aromatic rings. The lowest BCUT2D eigenvalue weighted by atomic mass is 9.98. The Morgan fingerprint density at radius 3 is 3.00 bits per heavy atom. The number of pyridine rings is 1. The summed E-state index contributed by atoms with van der Waals surface area (Å²) < 4.78 is 0. The first-order valence-corrected chi connectivity index (χ1v) is 5.87. The number of nitrogens with zero attached hydrogens (tertiary/aromatic N) is 3. The van der Waals surface area contributed by atoms with Crippen molar-refractivity contribution in [2.24, 2.45) is 5.92 Å². The average Bonchev–Trinajstić information content (AvgIpc) is 2.78. The van der Waals surface area contributed by atoms with Crippen molar-refractivity contribution in [3.63, 3.8) is 0 Å². The third-order valence-corrected chi connectivity index (χ3v) is 3.46. The minimum Gasteiger partial charge on any atom is -0.371 e. The van der Waals surface area contributed by atoms with Crippen LogP contribution in [0.2, 0.25) is 0 Å². The van der Waals surface area contributed by atoms with Crippen LogP contribution in [0.3, 0.4) is 0 Å². The first-order valence-electron chi connectivity index (χ1n) is 5.87. The molecule has 3 heterocycles. The van der Waals surface area contributed by atoms with Crippen LogP contribution in [0.15, 0.2) is 18.5 Å². The number of aromatic nitrogens is 3. The summed E-state index contributed by atoms with van der Waals surface area (Å²) in [4.78, 5) is 6.71. The van der Waals surface area contributed by atoms with Crippen LogP contribution < -0.4 is 4.90 Å². The molecule has 16 heavy (non-hydrogen) atoms. The van der Waals surface area contributed by atoms with Crippen molar-refractivity contribution in [1.82, 2.24) is 15.2 Å². The summed E-state index contributed by atoms with van der Waals surface area (Å²) in [6.45, 7) is 4.62. The zero-order valence-corrected chi connectivity index (χ0v) is 9.48. The van der Waals surface area contributed by atoms with E-state index < -0.39 is 0 Å². The summed E-state index contributed by atoms with van der Waals surface area (Å²) in [7, 11) is 0. The van der Waals surface area contributed by atoms with Crippen LogP contribution in [0.4, 0.5) is 5.69 Å². The Labute approximate surface area is 94.7 Å². The molecule has 1 N–H and O–H groups in total. The summed E-state index contributed by atoms with van der Waals surface area (Å²) >= 11 is 0. The molecule has 3 rings (SSSR count). The quantitative estimate of drug-likeness (QED) is 0.794. The molecule has 84 valence electrons. The smallest absolute Gasteiger partial charge is 0.157 e. The van der Waals surface area contributed by atoms with E-state index in [0.717, 1.165) is 30.0 Å². The van der Waals surface area contributed by atoms with Crippen LogP contribution >= 0.6 is 0 Å². The zero-order chi connectivity index (χ0) is 11.0. The molecule has 1 saturated heterocycles. The maximum atomic E-state index is 4.27. The lowest BCUT2D eigenvalue weighted by Crippen LogP contribution is -2.32. The molecule has 0 saturated carbocycles. The van der Waals surface area contributed by atoms with E-state index in [4.69, 9.17) is 0 Å². The van der Waals surface area contributed by atoms with Crippen LogP contribution in [-0.4, -0.2) is 28.3 Å². The molecular weight excluding hydrogens is 200 g/mol. The fourth-order valence-corrected chi connectivity index (χ4v) is 2.36. The number of hydrogen-bond donors (Lipinski definition) is 1. The lowest BCUT2D eigenvalue weighted by Gasteiger charge is -2.32. The Balaban J connectivity index is 1.96. The first-order chi connectivity index (χ1) is 7.84. The van der Waals surface area contributed by atoms with E-state index in [2.05, 4.69) is 33.1 Å². The number of aromatic amines is 1. The Hall–Kier alpha value is -1.58. The van der Waals surface area contributed by atoms with Crippen molar-refractivity contribution in [2.75, 3.05) is 18.0 Å². The molecule has 0 spiro atoms. The first kappa shape index (κ1) is 9.63. The maximum Gasteiger partial charge on any atom is 0.157 e. The van der Waals surface area contributed by atoms with Gasteiger partial charge in [0.2, 0.25) is 0 Å². The Morgan fingerprint density at radius 1 is 1.38 bits per heavy atom. The van der Waals surface area contributed by atoms with E-state index in [9.17, 15) is 0 Å². The molecule has 4 nitrogen and oxygen atoms in total. The Kier molecular flexibility index (Phi) is 2.27. The Bertz CT molecular complexity index is 482. The number of hydrogen-bond acceptors (Lipinski definition) is 3. The molecule has 0 atom stereocenters. The van der Waals surface area contributed by atoms with Crippen molar-refractivity contribution >= 4 is 16.7 Å². The summed E-state index contributed by atoms with van der Waals surface area (Å²) in [5.41, 5.74) is 2.15. The molecule has 1 aliphatic heterocycles. The maximum absolute atomic E-state index is 4.27. The van der Waals surface area contributed by atoms with Crippen LogP contribution in [-0.2, 0) is 0 Å². The lowest BCUT2D eigenvalue weighted by molar-refractivity contribution is 0.439. The van der Waals surface area contributed by atoms with Gasteiger partial charge in [-0.15, -0.1) is 0 Å². The van der Waals surface area contributed by atoms with Crippen LogP contribution in [0, 0.1) is 5.92 Å². The third kappa shape index (κ3) is 1.54. The standard InChI is InChI=1S/C12H16N4/c1-9-3-6-16(7-4-9)11-2-5-13-12-10(11)8-14-15-12/h2,5,8-9H,3-4,6-7H2,1H3,(H,13,14,15). The van der Waals surface area contributed by atoms with Crippen molar-refractivity contribution in [3.8, 4) is 0 Å². The number of H-pyrrole nitrogens is 1. The van der Waals surface area contributed by atoms with E-state index in [1.54, 1.807) is 0 Å². The van der Waals surface area contributed by atoms with Crippen LogP contribution in [0.1, 0.15) is 19.8 Å². The van der Waals surface area contributed by atoms with Gasteiger partial charge in [0.25, 0.3) is 0 Å². The Morgan fingerprint density at radius 2 is 2.19 bits per heavy atom. The molecule has 2 aromatic heterocycles. The van der Waals surface area contributed by atoms with Gasteiger partial charge in [-0.3, -0.25) is 5.10 Å². The molecule has 0 amide bonds. The van der Waals surface area contributed by atoms with E-state index in [-0.39, 0.29) is 0 Å². The largest absolute Gasteiger partial charge is 0.371 e. The number of anilines is 1. The molecule has 0 unspecified atom stereocenters. The van der Waals surface area contributed by atoms with Gasteiger partial charge in [0.1, 0.15) is 0 Å². The molecule has 0 aliphatic carbocycles.